The van der Waals surface area contributed by atoms with Crippen LogP contribution < -0.4 is 4.90 Å². The largest absolute Gasteiger partial charge is 0.461 e. The minimum absolute atomic E-state index is 0.149. The van der Waals surface area contributed by atoms with Crippen LogP contribution in [0.25, 0.3) is 0 Å². The molecule has 0 amide bonds. The zero-order valence-corrected chi connectivity index (χ0v) is 23.8. The number of rotatable bonds is 15. The highest BCUT2D eigenvalue weighted by atomic mass is 32.2. The highest BCUT2D eigenvalue weighted by molar-refractivity contribution is 7.92. The van der Waals surface area contributed by atoms with Gasteiger partial charge in [0, 0.05) is 18.8 Å². The molecule has 0 saturated carbocycles. The number of sulfone groups is 1. The zero-order chi connectivity index (χ0) is 39.5. The van der Waals surface area contributed by atoms with Crippen LogP contribution in [0.1, 0.15) is 0 Å². The first-order valence-corrected chi connectivity index (χ1v) is 13.1. The van der Waals surface area contributed by atoms with Gasteiger partial charge < -0.3 is 9.64 Å². The van der Waals surface area contributed by atoms with E-state index in [1.807, 2.05) is 0 Å². The minimum atomic E-state index is -9.40. The molecular formula is C22H14F21NO4S. The van der Waals surface area contributed by atoms with Crippen molar-refractivity contribution >= 4 is 21.5 Å². The van der Waals surface area contributed by atoms with E-state index in [1.165, 1.54) is 0 Å². The van der Waals surface area contributed by atoms with Crippen molar-refractivity contribution in [2.24, 2.45) is 0 Å². The lowest BCUT2D eigenvalue weighted by molar-refractivity contribution is -0.472. The molecule has 0 fully saturated rings. The van der Waals surface area contributed by atoms with E-state index in [-0.39, 0.29) is 24.4 Å². The number of halogens is 21. The average Bonchev–Trinajstić information content (AvgIpc) is 2.95. The van der Waals surface area contributed by atoms with Crippen molar-refractivity contribution in [1.29, 1.82) is 0 Å². The number of alkyl halides is 21. The molecule has 0 atom stereocenters. The summed E-state index contributed by atoms with van der Waals surface area (Å²) in [6.45, 7) is 2.28. The van der Waals surface area contributed by atoms with Gasteiger partial charge in [0.2, 0.25) is 9.84 Å². The summed E-state index contributed by atoms with van der Waals surface area (Å²) < 4.78 is 314. The Morgan fingerprint density at radius 1 is 0.633 bits per heavy atom. The topological polar surface area (TPSA) is 63.7 Å². The summed E-state index contributed by atoms with van der Waals surface area (Å²) in [5.74, 6) is -73.6. The van der Waals surface area contributed by atoms with Crippen molar-refractivity contribution in [3.8, 4) is 0 Å². The van der Waals surface area contributed by atoms with Crippen molar-refractivity contribution in [3.05, 3.63) is 36.9 Å². The zero-order valence-electron chi connectivity index (χ0n) is 22.9. The van der Waals surface area contributed by atoms with Gasteiger partial charge in [0.05, 0.1) is 11.4 Å². The lowest BCUT2D eigenvalue weighted by Gasteiger charge is -2.44. The van der Waals surface area contributed by atoms with Crippen molar-refractivity contribution in [3.63, 3.8) is 0 Å². The van der Waals surface area contributed by atoms with E-state index in [0.717, 1.165) is 11.9 Å². The van der Waals surface area contributed by atoms with Gasteiger partial charge in [-0.2, -0.15) is 92.2 Å². The Balaban J connectivity index is 3.70. The molecule has 0 aliphatic heterocycles. The predicted molar refractivity (Wildman–Crippen MR) is 119 cm³/mol. The van der Waals surface area contributed by atoms with Crippen LogP contribution in [0.2, 0.25) is 0 Å². The van der Waals surface area contributed by atoms with Crippen LogP contribution in [0.4, 0.5) is 97.9 Å². The summed E-state index contributed by atoms with van der Waals surface area (Å²) in [5.41, 5.74) is -0.295. The molecule has 0 spiro atoms. The molecule has 1 aromatic rings. The first kappa shape index (κ1) is 43.7. The lowest BCUT2D eigenvalue weighted by atomic mass is 9.87. The van der Waals surface area contributed by atoms with Crippen LogP contribution in [0.3, 0.4) is 0 Å². The number of carbonyl (C=O) groups is 1. The molecule has 0 bridgehead atoms. The number of anilines is 1. The first-order valence-electron chi connectivity index (χ1n) is 11.7. The van der Waals surface area contributed by atoms with Gasteiger partial charge in [0.1, 0.15) is 6.61 Å². The smallest absolute Gasteiger partial charge is 0.460 e. The second-order valence-corrected chi connectivity index (χ2v) is 11.4. The Kier molecular flexibility index (Phi) is 11.1. The summed E-state index contributed by atoms with van der Waals surface area (Å²) in [7, 11) is -6.49. The lowest BCUT2D eigenvalue weighted by Crippen LogP contribution is -2.77. The maximum atomic E-state index is 14.5. The van der Waals surface area contributed by atoms with Gasteiger partial charge in [-0.1, -0.05) is 6.58 Å². The number of hydrogen-bond donors (Lipinski definition) is 0. The minimum Gasteiger partial charge on any atom is -0.461 e. The fourth-order valence-electron chi connectivity index (χ4n) is 3.21. The standard InChI is InChI=1S/C22H14F21NO4S/c1-3-12(45)48-9-8-44(2)10-4-6-11(7-5-10)49(46,47)22(42,43)20(37,38)18(33,34)16(29,30)14(25,26)13(23,24)15(27,28)17(31,32)19(35,36)21(39,40)41/h3-7H,1,8-9H2,2H3. The van der Waals surface area contributed by atoms with Crippen LogP contribution in [0.15, 0.2) is 41.8 Å². The third-order valence-electron chi connectivity index (χ3n) is 6.24. The van der Waals surface area contributed by atoms with E-state index in [2.05, 4.69) is 11.3 Å². The van der Waals surface area contributed by atoms with E-state index < -0.39 is 86.1 Å². The molecule has 0 unspecified atom stereocenters. The Labute approximate surface area is 258 Å². The summed E-state index contributed by atoms with van der Waals surface area (Å²) in [5, 5.41) is -7.86. The Morgan fingerprint density at radius 2 is 0.959 bits per heavy atom. The predicted octanol–water partition coefficient (Wildman–Crippen LogP) is 7.86. The maximum absolute atomic E-state index is 14.5. The van der Waals surface area contributed by atoms with Crippen LogP contribution in [0.5, 0.6) is 0 Å². The number of likely N-dealkylation sites (N-methyl/N-ethyl adjacent to an activating group) is 1. The van der Waals surface area contributed by atoms with Crippen LogP contribution in [-0.2, 0) is 19.4 Å². The van der Waals surface area contributed by atoms with Gasteiger partial charge in [0.25, 0.3) is 0 Å². The van der Waals surface area contributed by atoms with Crippen LogP contribution in [-0.4, -0.2) is 93.4 Å². The number of ether oxygens (including phenoxy) is 1. The quantitative estimate of drug-likeness (QED) is 0.103. The Hall–Kier alpha value is -3.29. The molecule has 27 heteroatoms. The van der Waals surface area contributed by atoms with Crippen LogP contribution in [0, 0.1) is 0 Å². The van der Waals surface area contributed by atoms with Gasteiger partial charge in [-0.25, -0.2) is 13.2 Å². The maximum Gasteiger partial charge on any atom is 0.460 e. The van der Waals surface area contributed by atoms with Gasteiger partial charge in [0.15, 0.2) is 0 Å². The number of esters is 1. The number of hydrogen-bond acceptors (Lipinski definition) is 5. The molecule has 0 aliphatic rings. The SMILES string of the molecule is C=CC(=O)OCCN(C)c1ccc(S(=O)(=O)C(F)(F)C(F)(F)C(F)(F)C(F)(F)C(F)(F)C(F)(F)C(F)(F)C(F)(F)C(F)(F)C(F)(F)F)cc1. The molecule has 49 heavy (non-hydrogen) atoms. The summed E-state index contributed by atoms with van der Waals surface area (Å²) >= 11 is 0. The van der Waals surface area contributed by atoms with E-state index in [0.29, 0.717) is 18.2 Å². The number of nitrogens with zero attached hydrogens (tertiary/aromatic N) is 1. The number of carbonyl (C=O) groups excluding carboxylic acids is 1. The van der Waals surface area contributed by atoms with Gasteiger partial charge in [-0.05, 0) is 24.3 Å². The third-order valence-corrected chi connectivity index (χ3v) is 8.07. The third kappa shape index (κ3) is 6.20. The summed E-state index contributed by atoms with van der Waals surface area (Å²) in [6, 6.07) is 0.501. The Morgan fingerprint density at radius 3 is 1.29 bits per heavy atom. The van der Waals surface area contributed by atoms with E-state index in [4.69, 9.17) is 0 Å². The molecule has 0 aromatic heterocycles. The highest BCUT2D eigenvalue weighted by Gasteiger charge is 2.98. The van der Waals surface area contributed by atoms with Gasteiger partial charge in [-0.3, -0.25) is 0 Å². The van der Waals surface area contributed by atoms with Crippen molar-refractivity contribution in [1.82, 2.24) is 0 Å². The van der Waals surface area contributed by atoms with Gasteiger partial charge >= 0.3 is 64.8 Å². The van der Waals surface area contributed by atoms with Crippen molar-refractivity contribution in [2.45, 2.75) is 63.7 Å². The fraction of sp³-hybridized carbons (Fsp3) is 0.591. The molecule has 0 saturated heterocycles. The number of benzene rings is 1. The molecule has 0 N–H and O–H groups in total. The molecule has 284 valence electrons. The second-order valence-electron chi connectivity index (χ2n) is 9.40. The molecule has 5 nitrogen and oxygen atoms in total. The molecule has 0 radical (unpaired) electrons. The highest BCUT2D eigenvalue weighted by Crippen LogP contribution is 2.66. The fourth-order valence-corrected chi connectivity index (χ4v) is 4.47. The normalized spacial score (nSPS) is 15.2. The van der Waals surface area contributed by atoms with Crippen molar-refractivity contribution in [2.75, 3.05) is 25.1 Å². The van der Waals surface area contributed by atoms with Crippen molar-refractivity contribution < 1.29 is 110 Å². The first-order chi connectivity index (χ1) is 21.3. The molecule has 1 rings (SSSR count). The summed E-state index contributed by atoms with van der Waals surface area (Å²) in [4.78, 5) is 9.74. The van der Waals surface area contributed by atoms with Crippen LogP contribution >= 0.6 is 0 Å². The molecule has 1 aromatic carbocycles. The summed E-state index contributed by atoms with van der Waals surface area (Å²) in [6.07, 6.45) is -7.40. The molecule has 0 aliphatic carbocycles. The molecular weight excluding hydrogens is 773 g/mol. The average molecular weight is 787 g/mol. The van der Waals surface area contributed by atoms with Gasteiger partial charge in [-0.15, -0.1) is 0 Å². The van der Waals surface area contributed by atoms with E-state index in [9.17, 15) is 105 Å². The van der Waals surface area contributed by atoms with E-state index in [1.54, 1.807) is 0 Å². The second kappa shape index (κ2) is 12.5. The monoisotopic (exact) mass is 787 g/mol. The molecule has 0 heterocycles. The Bertz CT molecular complexity index is 1490. The van der Waals surface area contributed by atoms with E-state index >= 15 is 0 Å².